The van der Waals surface area contributed by atoms with Crippen molar-refractivity contribution in [2.24, 2.45) is 4.99 Å². The van der Waals surface area contributed by atoms with E-state index in [0.29, 0.717) is 52.0 Å². The zero-order valence-corrected chi connectivity index (χ0v) is 17.1. The lowest BCUT2D eigenvalue weighted by atomic mass is 10.2. The molecule has 2 aliphatic heterocycles. The fourth-order valence-electron chi connectivity index (χ4n) is 3.14. The molecule has 0 spiro atoms. The fourth-order valence-corrected chi connectivity index (χ4v) is 4.56. The Balaban J connectivity index is 1.43. The topological polar surface area (TPSA) is 35.9 Å². The molecule has 144 valence electrons. The van der Waals surface area contributed by atoms with E-state index in [0.717, 1.165) is 5.56 Å². The third kappa shape index (κ3) is 4.04. The quantitative estimate of drug-likeness (QED) is 0.626. The summed E-state index contributed by atoms with van der Waals surface area (Å²) in [6, 6.07) is 11.9. The molecule has 0 atom stereocenters. The van der Waals surface area contributed by atoms with E-state index in [-0.39, 0.29) is 11.7 Å². The smallest absolute Gasteiger partial charge is 0.286 e. The Morgan fingerprint density at radius 2 is 1.75 bits per heavy atom. The number of hydrogen-bond acceptors (Lipinski definition) is 4. The molecule has 1 fully saturated rings. The third-order valence-corrected chi connectivity index (χ3v) is 6.21. The molecule has 0 radical (unpaired) electrons. The highest BCUT2D eigenvalue weighted by Crippen LogP contribution is 2.33. The highest BCUT2D eigenvalue weighted by atomic mass is 35.5. The molecule has 1 saturated heterocycles. The van der Waals surface area contributed by atoms with Crippen molar-refractivity contribution >= 4 is 57.8 Å². The molecule has 0 N–H and O–H groups in total. The van der Waals surface area contributed by atoms with Crippen LogP contribution in [-0.4, -0.2) is 42.2 Å². The molecule has 1 amide bonds. The number of anilines is 1. The van der Waals surface area contributed by atoms with Crippen molar-refractivity contribution in [3.05, 3.63) is 68.8 Å². The van der Waals surface area contributed by atoms with E-state index >= 15 is 0 Å². The van der Waals surface area contributed by atoms with Gasteiger partial charge in [-0.05, 0) is 47.7 Å². The Morgan fingerprint density at radius 1 is 1.04 bits per heavy atom. The molecule has 0 aliphatic carbocycles. The Morgan fingerprint density at radius 3 is 2.46 bits per heavy atom. The minimum atomic E-state index is -0.275. The maximum absolute atomic E-state index is 14.0. The van der Waals surface area contributed by atoms with Gasteiger partial charge >= 0.3 is 0 Å². The molecule has 0 unspecified atom stereocenters. The van der Waals surface area contributed by atoms with Crippen LogP contribution >= 0.6 is 35.0 Å². The van der Waals surface area contributed by atoms with Crippen LogP contribution in [0, 0.1) is 5.82 Å². The van der Waals surface area contributed by atoms with Crippen LogP contribution in [0.4, 0.5) is 10.1 Å². The number of halogens is 3. The van der Waals surface area contributed by atoms with Crippen molar-refractivity contribution < 1.29 is 9.18 Å². The number of amides is 1. The monoisotopic (exact) mass is 435 g/mol. The SMILES string of the molecule is O=C1N=C(N2CCN(c3ccccc3F)CC2)SC1=Cc1ccc(Cl)cc1Cl. The Bertz CT molecular complexity index is 987. The molecule has 0 aromatic heterocycles. The summed E-state index contributed by atoms with van der Waals surface area (Å²) < 4.78 is 14.0. The summed E-state index contributed by atoms with van der Waals surface area (Å²) in [7, 11) is 0. The number of carbonyl (C=O) groups is 1. The summed E-state index contributed by atoms with van der Waals surface area (Å²) in [4.78, 5) is 21.1. The Labute approximate surface area is 176 Å². The molecule has 2 aromatic rings. The molecular weight excluding hydrogens is 420 g/mol. The molecular formula is C20H16Cl2FN3OS. The normalized spacial score (nSPS) is 18.8. The molecule has 2 heterocycles. The van der Waals surface area contributed by atoms with Crippen LogP contribution in [0.25, 0.3) is 6.08 Å². The molecule has 0 bridgehead atoms. The van der Waals surface area contributed by atoms with E-state index in [4.69, 9.17) is 23.2 Å². The number of carbonyl (C=O) groups excluding carboxylic acids is 1. The predicted octanol–water partition coefficient (Wildman–Crippen LogP) is 4.93. The van der Waals surface area contributed by atoms with Gasteiger partial charge in [0.15, 0.2) is 5.17 Å². The standard InChI is InChI=1S/C20H16Cl2FN3OS/c21-14-6-5-13(15(22)12-14)11-18-19(27)24-20(28-18)26-9-7-25(8-10-26)17-4-2-1-3-16(17)23/h1-6,11-12H,7-10H2. The lowest BCUT2D eigenvalue weighted by Crippen LogP contribution is -2.48. The number of piperazine rings is 1. The Kier molecular flexibility index (Phi) is 5.62. The summed E-state index contributed by atoms with van der Waals surface area (Å²) >= 11 is 13.4. The minimum absolute atomic E-state index is 0.219. The summed E-state index contributed by atoms with van der Waals surface area (Å²) in [6.07, 6.45) is 1.73. The van der Waals surface area contributed by atoms with Crippen LogP contribution in [0.2, 0.25) is 10.0 Å². The van der Waals surface area contributed by atoms with Gasteiger partial charge in [-0.1, -0.05) is 41.4 Å². The van der Waals surface area contributed by atoms with Crippen molar-refractivity contribution in [1.82, 2.24) is 4.90 Å². The van der Waals surface area contributed by atoms with Gasteiger partial charge < -0.3 is 9.80 Å². The maximum atomic E-state index is 14.0. The van der Waals surface area contributed by atoms with Gasteiger partial charge in [-0.2, -0.15) is 4.99 Å². The van der Waals surface area contributed by atoms with Crippen LogP contribution in [-0.2, 0) is 4.79 Å². The molecule has 4 rings (SSSR count). The van der Waals surface area contributed by atoms with E-state index in [2.05, 4.69) is 9.89 Å². The Hall–Kier alpha value is -2.02. The highest BCUT2D eigenvalue weighted by Gasteiger charge is 2.29. The number of amidine groups is 1. The van der Waals surface area contributed by atoms with Crippen molar-refractivity contribution in [3.63, 3.8) is 0 Å². The van der Waals surface area contributed by atoms with Gasteiger partial charge in [-0.3, -0.25) is 4.79 Å². The second kappa shape index (κ2) is 8.15. The predicted molar refractivity (Wildman–Crippen MR) is 115 cm³/mol. The summed E-state index contributed by atoms with van der Waals surface area (Å²) in [5.74, 6) is -0.494. The fraction of sp³-hybridized carbons (Fsp3) is 0.200. The van der Waals surface area contributed by atoms with Crippen LogP contribution in [0.15, 0.2) is 52.4 Å². The number of thioether (sulfide) groups is 1. The zero-order chi connectivity index (χ0) is 19.7. The molecule has 8 heteroatoms. The third-order valence-electron chi connectivity index (χ3n) is 4.60. The first-order chi connectivity index (χ1) is 13.5. The summed E-state index contributed by atoms with van der Waals surface area (Å²) in [5, 5.41) is 1.71. The van der Waals surface area contributed by atoms with Crippen molar-refractivity contribution in [1.29, 1.82) is 0 Å². The number of benzene rings is 2. The first kappa shape index (κ1) is 19.3. The van der Waals surface area contributed by atoms with E-state index in [9.17, 15) is 9.18 Å². The van der Waals surface area contributed by atoms with Gasteiger partial charge in [0.05, 0.1) is 10.6 Å². The van der Waals surface area contributed by atoms with Gasteiger partial charge in [0.2, 0.25) is 0 Å². The van der Waals surface area contributed by atoms with Crippen LogP contribution in [0.1, 0.15) is 5.56 Å². The first-order valence-electron chi connectivity index (χ1n) is 8.73. The van der Waals surface area contributed by atoms with Crippen molar-refractivity contribution in [2.45, 2.75) is 0 Å². The average molecular weight is 436 g/mol. The number of hydrogen-bond donors (Lipinski definition) is 0. The second-order valence-corrected chi connectivity index (χ2v) is 8.25. The van der Waals surface area contributed by atoms with Crippen molar-refractivity contribution in [2.75, 3.05) is 31.1 Å². The molecule has 0 saturated carbocycles. The number of nitrogens with zero attached hydrogens (tertiary/aromatic N) is 3. The van der Waals surface area contributed by atoms with Crippen LogP contribution in [0.5, 0.6) is 0 Å². The largest absolute Gasteiger partial charge is 0.366 e. The molecule has 4 nitrogen and oxygen atoms in total. The number of rotatable bonds is 2. The van der Waals surface area contributed by atoms with E-state index in [1.807, 2.05) is 11.0 Å². The van der Waals surface area contributed by atoms with Gasteiger partial charge in [0.25, 0.3) is 5.91 Å². The molecule has 2 aliphatic rings. The van der Waals surface area contributed by atoms with Gasteiger partial charge in [-0.15, -0.1) is 0 Å². The molecule has 28 heavy (non-hydrogen) atoms. The van der Waals surface area contributed by atoms with Crippen LogP contribution in [0.3, 0.4) is 0 Å². The highest BCUT2D eigenvalue weighted by molar-refractivity contribution is 8.18. The minimum Gasteiger partial charge on any atom is -0.366 e. The van der Waals surface area contributed by atoms with E-state index in [1.165, 1.54) is 17.8 Å². The van der Waals surface area contributed by atoms with Crippen LogP contribution < -0.4 is 4.90 Å². The number of para-hydroxylation sites is 1. The lowest BCUT2D eigenvalue weighted by Gasteiger charge is -2.36. The van der Waals surface area contributed by atoms with Gasteiger partial charge in [0.1, 0.15) is 5.82 Å². The van der Waals surface area contributed by atoms with E-state index in [1.54, 1.807) is 36.4 Å². The van der Waals surface area contributed by atoms with Gasteiger partial charge in [-0.25, -0.2) is 4.39 Å². The summed E-state index contributed by atoms with van der Waals surface area (Å²) in [6.45, 7) is 2.67. The summed E-state index contributed by atoms with van der Waals surface area (Å²) in [5.41, 5.74) is 1.33. The maximum Gasteiger partial charge on any atom is 0.286 e. The average Bonchev–Trinajstić information content (AvgIpc) is 3.05. The molecule has 2 aromatic carbocycles. The second-order valence-electron chi connectivity index (χ2n) is 6.40. The van der Waals surface area contributed by atoms with Gasteiger partial charge in [0, 0.05) is 36.2 Å². The number of aliphatic imine (C=N–C) groups is 1. The zero-order valence-electron chi connectivity index (χ0n) is 14.7. The van der Waals surface area contributed by atoms with E-state index < -0.39 is 0 Å². The first-order valence-corrected chi connectivity index (χ1v) is 10.3. The van der Waals surface area contributed by atoms with Crippen molar-refractivity contribution in [3.8, 4) is 0 Å². The lowest BCUT2D eigenvalue weighted by molar-refractivity contribution is -0.113.